The van der Waals surface area contributed by atoms with Gasteiger partial charge in [0, 0.05) is 47.4 Å². The molecule has 0 fully saturated rings. The van der Waals surface area contributed by atoms with Crippen LogP contribution >= 0.6 is 0 Å². The molecule has 0 bridgehead atoms. The molecule has 0 saturated heterocycles. The third-order valence-corrected chi connectivity index (χ3v) is 3.69. The van der Waals surface area contributed by atoms with Gasteiger partial charge in [0.25, 0.3) is 0 Å². The van der Waals surface area contributed by atoms with Gasteiger partial charge in [0.05, 0.1) is 17.4 Å². The maximum Gasteiger partial charge on any atom is 0.195 e. The van der Waals surface area contributed by atoms with Crippen molar-refractivity contribution in [2.75, 3.05) is 0 Å². The fraction of sp³-hybridized carbons (Fsp3) is 0.0588. The molecule has 1 aromatic carbocycles. The van der Waals surface area contributed by atoms with Crippen LogP contribution in [0.5, 0.6) is 0 Å². The van der Waals surface area contributed by atoms with Crippen LogP contribution in [0.15, 0.2) is 59.9 Å². The number of rotatable bonds is 1. The van der Waals surface area contributed by atoms with E-state index in [2.05, 4.69) is 15.1 Å². The molecule has 3 aromatic heterocycles. The van der Waals surface area contributed by atoms with Gasteiger partial charge in [0.2, 0.25) is 0 Å². The molecule has 4 rings (SSSR count). The molecule has 5 heteroatoms. The predicted octanol–water partition coefficient (Wildman–Crippen LogP) is 2.54. The molecule has 106 valence electrons. The molecule has 0 aliphatic rings. The van der Waals surface area contributed by atoms with E-state index in [-0.39, 0.29) is 5.43 Å². The Bertz CT molecular complexity index is 1070. The smallest absolute Gasteiger partial charge is 0.195 e. The van der Waals surface area contributed by atoms with Gasteiger partial charge in [-0.25, -0.2) is 4.98 Å². The first kappa shape index (κ1) is 12.6. The van der Waals surface area contributed by atoms with Crippen molar-refractivity contribution in [2.45, 2.75) is 0 Å². The van der Waals surface area contributed by atoms with E-state index in [0.717, 1.165) is 16.6 Å². The van der Waals surface area contributed by atoms with Crippen molar-refractivity contribution in [3.05, 3.63) is 65.3 Å². The van der Waals surface area contributed by atoms with Crippen LogP contribution < -0.4 is 5.43 Å². The van der Waals surface area contributed by atoms with Crippen LogP contribution in [0.25, 0.3) is 32.9 Å². The van der Waals surface area contributed by atoms with Gasteiger partial charge >= 0.3 is 0 Å². The first-order valence-electron chi connectivity index (χ1n) is 6.89. The fourth-order valence-electron chi connectivity index (χ4n) is 2.57. The van der Waals surface area contributed by atoms with Gasteiger partial charge in [-0.1, -0.05) is 6.07 Å². The molecule has 0 amide bonds. The lowest BCUT2D eigenvalue weighted by Crippen LogP contribution is -1.99. The van der Waals surface area contributed by atoms with E-state index in [9.17, 15) is 4.79 Å². The lowest BCUT2D eigenvalue weighted by atomic mass is 10.1. The topological polar surface area (TPSA) is 60.7 Å². The highest BCUT2D eigenvalue weighted by Crippen LogP contribution is 2.19. The van der Waals surface area contributed by atoms with E-state index in [4.69, 9.17) is 0 Å². The lowest BCUT2D eigenvalue weighted by molar-refractivity contribution is 0.768. The maximum absolute atomic E-state index is 12.7. The summed E-state index contributed by atoms with van der Waals surface area (Å²) in [6.07, 6.45) is 6.98. The highest BCUT2D eigenvalue weighted by atomic mass is 16.1. The molecule has 0 N–H and O–H groups in total. The fourth-order valence-corrected chi connectivity index (χ4v) is 2.57. The number of aromatic nitrogens is 4. The monoisotopic (exact) mass is 288 g/mol. The Kier molecular flexibility index (Phi) is 2.72. The number of fused-ring (bicyclic) bond motifs is 2. The Balaban J connectivity index is 2.05. The SMILES string of the molecule is Cn1cc(-c2ccc3c(=O)c4ccncc4ccc3n2)cn1. The normalized spacial score (nSPS) is 11.1. The van der Waals surface area contributed by atoms with E-state index >= 15 is 0 Å². The Labute approximate surface area is 125 Å². The molecule has 4 aromatic rings. The minimum Gasteiger partial charge on any atom is -0.289 e. The molecule has 0 unspecified atom stereocenters. The van der Waals surface area contributed by atoms with Gasteiger partial charge in [-0.3, -0.25) is 14.5 Å². The summed E-state index contributed by atoms with van der Waals surface area (Å²) in [5.74, 6) is 0. The minimum absolute atomic E-state index is 0.0253. The highest BCUT2D eigenvalue weighted by Gasteiger charge is 2.07. The zero-order chi connectivity index (χ0) is 15.1. The van der Waals surface area contributed by atoms with Crippen molar-refractivity contribution in [3.63, 3.8) is 0 Å². The van der Waals surface area contributed by atoms with Crippen LogP contribution in [-0.4, -0.2) is 19.7 Å². The van der Waals surface area contributed by atoms with E-state index in [0.29, 0.717) is 16.3 Å². The second kappa shape index (κ2) is 4.73. The molecule has 5 nitrogen and oxygen atoms in total. The zero-order valence-corrected chi connectivity index (χ0v) is 11.9. The summed E-state index contributed by atoms with van der Waals surface area (Å²) in [6.45, 7) is 0. The van der Waals surface area contributed by atoms with Gasteiger partial charge in [0.15, 0.2) is 5.43 Å². The van der Waals surface area contributed by atoms with Crippen LogP contribution in [0.4, 0.5) is 0 Å². The quantitative estimate of drug-likeness (QED) is 0.540. The molecule has 22 heavy (non-hydrogen) atoms. The Hall–Kier alpha value is -3.08. The zero-order valence-electron chi connectivity index (χ0n) is 11.9. The number of nitrogens with zero attached hydrogens (tertiary/aromatic N) is 4. The largest absolute Gasteiger partial charge is 0.289 e. The van der Waals surface area contributed by atoms with Crippen molar-refractivity contribution in [3.8, 4) is 11.3 Å². The van der Waals surface area contributed by atoms with E-state index in [1.807, 2.05) is 37.5 Å². The van der Waals surface area contributed by atoms with Gasteiger partial charge in [-0.2, -0.15) is 5.10 Å². The average Bonchev–Trinajstić information content (AvgIpc) is 2.93. The molecule has 0 radical (unpaired) electrons. The summed E-state index contributed by atoms with van der Waals surface area (Å²) in [5, 5.41) is 6.23. The van der Waals surface area contributed by atoms with Crippen LogP contribution in [0, 0.1) is 0 Å². The van der Waals surface area contributed by atoms with Crippen LogP contribution in [-0.2, 0) is 7.05 Å². The molecule has 0 aliphatic carbocycles. The molecular formula is C17H12N4O. The van der Waals surface area contributed by atoms with Crippen LogP contribution in [0.2, 0.25) is 0 Å². The molecule has 0 atom stereocenters. The van der Waals surface area contributed by atoms with Crippen LogP contribution in [0.1, 0.15) is 0 Å². The Morgan fingerprint density at radius 1 is 1.00 bits per heavy atom. The van der Waals surface area contributed by atoms with Gasteiger partial charge in [0.1, 0.15) is 0 Å². The summed E-state index contributed by atoms with van der Waals surface area (Å²) >= 11 is 0. The number of pyridine rings is 2. The highest BCUT2D eigenvalue weighted by molar-refractivity contribution is 5.91. The third-order valence-electron chi connectivity index (χ3n) is 3.69. The molecule has 0 saturated carbocycles. The van der Waals surface area contributed by atoms with E-state index < -0.39 is 0 Å². The van der Waals surface area contributed by atoms with Crippen molar-refractivity contribution < 1.29 is 0 Å². The first-order valence-corrected chi connectivity index (χ1v) is 6.89. The van der Waals surface area contributed by atoms with Crippen molar-refractivity contribution in [2.24, 2.45) is 7.05 Å². The minimum atomic E-state index is -0.0253. The first-order chi connectivity index (χ1) is 10.7. The van der Waals surface area contributed by atoms with Gasteiger partial charge < -0.3 is 0 Å². The third kappa shape index (κ3) is 1.95. The maximum atomic E-state index is 12.7. The van der Waals surface area contributed by atoms with Crippen molar-refractivity contribution in [1.29, 1.82) is 0 Å². The molecular weight excluding hydrogens is 276 g/mol. The molecule has 0 aliphatic heterocycles. The standard InChI is InChI=1S/C17H12N4O/c1-21-10-12(9-19-21)15-5-3-14-16(20-15)4-2-11-8-18-7-6-13(11)17(14)22/h2-10H,1H3. The van der Waals surface area contributed by atoms with E-state index in [1.54, 1.807) is 29.3 Å². The van der Waals surface area contributed by atoms with Gasteiger partial charge in [-0.15, -0.1) is 0 Å². The lowest BCUT2D eigenvalue weighted by Gasteiger charge is -1.97. The number of aryl methyl sites for hydroxylation is 1. The Morgan fingerprint density at radius 2 is 1.91 bits per heavy atom. The van der Waals surface area contributed by atoms with Gasteiger partial charge in [-0.05, 0) is 24.3 Å². The summed E-state index contributed by atoms with van der Waals surface area (Å²) in [6, 6.07) is 9.17. The number of hydrogen-bond donors (Lipinski definition) is 0. The second-order valence-electron chi connectivity index (χ2n) is 5.16. The summed E-state index contributed by atoms with van der Waals surface area (Å²) < 4.78 is 1.73. The predicted molar refractivity (Wildman–Crippen MR) is 85.5 cm³/mol. The molecule has 0 spiro atoms. The second-order valence-corrected chi connectivity index (χ2v) is 5.16. The van der Waals surface area contributed by atoms with E-state index in [1.165, 1.54) is 0 Å². The number of hydrogen-bond acceptors (Lipinski definition) is 4. The van der Waals surface area contributed by atoms with Crippen LogP contribution in [0.3, 0.4) is 0 Å². The Morgan fingerprint density at radius 3 is 2.73 bits per heavy atom. The van der Waals surface area contributed by atoms with Crippen molar-refractivity contribution in [1.82, 2.24) is 19.7 Å². The van der Waals surface area contributed by atoms with Crippen molar-refractivity contribution >= 4 is 21.7 Å². The summed E-state index contributed by atoms with van der Waals surface area (Å²) in [4.78, 5) is 21.3. The molecule has 3 heterocycles. The average molecular weight is 288 g/mol. The summed E-state index contributed by atoms with van der Waals surface area (Å²) in [7, 11) is 1.86. The summed E-state index contributed by atoms with van der Waals surface area (Å²) in [5.41, 5.74) is 2.37.